The summed E-state index contributed by atoms with van der Waals surface area (Å²) >= 11 is 3.32. The summed E-state index contributed by atoms with van der Waals surface area (Å²) in [7, 11) is 0. The highest BCUT2D eigenvalue weighted by Crippen LogP contribution is 2.14. The van der Waals surface area contributed by atoms with E-state index in [1.807, 2.05) is 12.1 Å². The quantitative estimate of drug-likeness (QED) is 0.747. The van der Waals surface area contributed by atoms with Gasteiger partial charge in [-0.3, -0.25) is 0 Å². The van der Waals surface area contributed by atoms with E-state index in [1.54, 1.807) is 12.1 Å². The number of aliphatic hydroxyl groups is 2. The van der Waals surface area contributed by atoms with Crippen molar-refractivity contribution in [2.24, 2.45) is 0 Å². The number of hydrogen-bond donors (Lipinski definition) is 3. The molecule has 0 spiro atoms. The summed E-state index contributed by atoms with van der Waals surface area (Å²) in [5.41, 5.74) is 0.690. The number of anilines is 1. The molecule has 0 aliphatic heterocycles. The van der Waals surface area contributed by atoms with Gasteiger partial charge in [0.05, 0.1) is 6.61 Å². The lowest BCUT2D eigenvalue weighted by Crippen LogP contribution is -2.38. The second kappa shape index (κ2) is 8.07. The summed E-state index contributed by atoms with van der Waals surface area (Å²) in [5, 5.41) is 20.4. The van der Waals surface area contributed by atoms with E-state index in [1.165, 1.54) is 4.90 Å². The Kier molecular flexibility index (Phi) is 6.70. The molecular weight excluding hydrogens is 300 g/mol. The van der Waals surface area contributed by atoms with Crippen LogP contribution in [0.4, 0.5) is 10.5 Å². The van der Waals surface area contributed by atoms with E-state index in [9.17, 15) is 4.79 Å². The molecule has 2 amide bonds. The topological polar surface area (TPSA) is 72.8 Å². The molecule has 1 aromatic carbocycles. The summed E-state index contributed by atoms with van der Waals surface area (Å²) in [6.45, 7) is 0.592. The van der Waals surface area contributed by atoms with Crippen LogP contribution in [0.25, 0.3) is 0 Å². The maximum atomic E-state index is 11.9. The van der Waals surface area contributed by atoms with Crippen LogP contribution in [0, 0.1) is 0 Å². The van der Waals surface area contributed by atoms with Gasteiger partial charge in [0.25, 0.3) is 0 Å². The number of amides is 2. The largest absolute Gasteiger partial charge is 0.396 e. The molecule has 0 aliphatic carbocycles. The molecule has 18 heavy (non-hydrogen) atoms. The molecule has 0 aliphatic rings. The van der Waals surface area contributed by atoms with Crippen LogP contribution in [-0.4, -0.2) is 47.4 Å². The zero-order valence-corrected chi connectivity index (χ0v) is 11.6. The normalized spacial score (nSPS) is 10.2. The SMILES string of the molecule is O=C(Nc1ccc(Br)cc1)N(CCO)CCCO. The Morgan fingerprint density at radius 2 is 1.83 bits per heavy atom. The van der Waals surface area contributed by atoms with Gasteiger partial charge in [0.2, 0.25) is 0 Å². The molecule has 0 bridgehead atoms. The van der Waals surface area contributed by atoms with Gasteiger partial charge < -0.3 is 20.4 Å². The molecule has 0 heterocycles. The molecule has 0 unspecified atom stereocenters. The maximum Gasteiger partial charge on any atom is 0.321 e. The molecule has 0 saturated carbocycles. The van der Waals surface area contributed by atoms with Gasteiger partial charge in [0.15, 0.2) is 0 Å². The van der Waals surface area contributed by atoms with Crippen molar-refractivity contribution in [1.29, 1.82) is 0 Å². The predicted octanol–water partition coefficient (Wildman–Crippen LogP) is 1.66. The van der Waals surface area contributed by atoms with E-state index in [0.29, 0.717) is 18.7 Å². The molecule has 0 saturated heterocycles. The second-order valence-electron chi connectivity index (χ2n) is 3.72. The van der Waals surface area contributed by atoms with Crippen LogP contribution < -0.4 is 5.32 Å². The van der Waals surface area contributed by atoms with Gasteiger partial charge >= 0.3 is 6.03 Å². The zero-order valence-electron chi connectivity index (χ0n) is 9.97. The van der Waals surface area contributed by atoms with Crippen molar-refractivity contribution in [3.63, 3.8) is 0 Å². The lowest BCUT2D eigenvalue weighted by molar-refractivity contribution is 0.180. The van der Waals surface area contributed by atoms with Crippen LogP contribution in [0.1, 0.15) is 6.42 Å². The van der Waals surface area contributed by atoms with Gasteiger partial charge in [0.1, 0.15) is 0 Å². The van der Waals surface area contributed by atoms with Crippen LogP contribution in [0.15, 0.2) is 28.7 Å². The van der Waals surface area contributed by atoms with Crippen LogP contribution in [0.3, 0.4) is 0 Å². The number of carbonyl (C=O) groups is 1. The van der Waals surface area contributed by atoms with Gasteiger partial charge in [-0.25, -0.2) is 4.79 Å². The fourth-order valence-corrected chi connectivity index (χ4v) is 1.70. The summed E-state index contributed by atoms with van der Waals surface area (Å²) in [4.78, 5) is 13.4. The van der Waals surface area contributed by atoms with Crippen LogP contribution >= 0.6 is 15.9 Å². The number of halogens is 1. The van der Waals surface area contributed by atoms with Gasteiger partial charge in [-0.05, 0) is 30.7 Å². The molecule has 0 radical (unpaired) electrons. The van der Waals surface area contributed by atoms with E-state index < -0.39 is 0 Å². The molecule has 0 atom stereocenters. The number of benzene rings is 1. The monoisotopic (exact) mass is 316 g/mol. The summed E-state index contributed by atoms with van der Waals surface area (Å²) in [6, 6.07) is 6.95. The third kappa shape index (κ3) is 5.03. The lowest BCUT2D eigenvalue weighted by Gasteiger charge is -2.21. The van der Waals surface area contributed by atoms with Gasteiger partial charge in [-0.2, -0.15) is 0 Å². The van der Waals surface area contributed by atoms with Crippen LogP contribution in [-0.2, 0) is 0 Å². The minimum Gasteiger partial charge on any atom is -0.396 e. The standard InChI is InChI=1S/C12H17BrN2O3/c13-10-2-4-11(5-3-10)14-12(18)15(7-9-17)6-1-8-16/h2-5,16-17H,1,6-9H2,(H,14,18). The van der Waals surface area contributed by atoms with Crippen LogP contribution in [0.5, 0.6) is 0 Å². The van der Waals surface area contributed by atoms with E-state index in [4.69, 9.17) is 10.2 Å². The number of rotatable bonds is 6. The highest BCUT2D eigenvalue weighted by molar-refractivity contribution is 9.10. The van der Waals surface area contributed by atoms with Crippen molar-refractivity contribution in [3.8, 4) is 0 Å². The Morgan fingerprint density at radius 1 is 1.17 bits per heavy atom. The van der Waals surface area contributed by atoms with Crippen molar-refractivity contribution in [2.75, 3.05) is 31.6 Å². The summed E-state index contributed by atoms with van der Waals surface area (Å²) in [5.74, 6) is 0. The van der Waals surface area contributed by atoms with Crippen LogP contribution in [0.2, 0.25) is 0 Å². The number of urea groups is 1. The Morgan fingerprint density at radius 3 is 2.39 bits per heavy atom. The second-order valence-corrected chi connectivity index (χ2v) is 4.64. The predicted molar refractivity (Wildman–Crippen MR) is 73.5 cm³/mol. The van der Waals surface area contributed by atoms with Gasteiger partial charge in [-0.1, -0.05) is 15.9 Å². The Balaban J connectivity index is 2.57. The molecule has 5 nitrogen and oxygen atoms in total. The number of carbonyl (C=O) groups excluding carboxylic acids is 1. The van der Waals surface area contributed by atoms with Crippen molar-refractivity contribution >= 4 is 27.6 Å². The minimum absolute atomic E-state index is 0.0213. The fraction of sp³-hybridized carbons (Fsp3) is 0.417. The van der Waals surface area contributed by atoms with Gasteiger partial charge in [-0.15, -0.1) is 0 Å². The first-order chi connectivity index (χ1) is 8.67. The highest BCUT2D eigenvalue weighted by Gasteiger charge is 2.12. The molecule has 100 valence electrons. The number of aliphatic hydroxyl groups excluding tert-OH is 2. The van der Waals surface area contributed by atoms with E-state index in [2.05, 4.69) is 21.2 Å². The number of hydrogen-bond acceptors (Lipinski definition) is 3. The molecule has 1 rings (SSSR count). The number of nitrogens with zero attached hydrogens (tertiary/aromatic N) is 1. The molecular formula is C12H17BrN2O3. The third-order valence-electron chi connectivity index (χ3n) is 2.34. The number of nitrogens with one attached hydrogen (secondary N) is 1. The molecule has 6 heteroatoms. The minimum atomic E-state index is -0.278. The van der Waals surface area contributed by atoms with E-state index in [0.717, 1.165) is 4.47 Å². The van der Waals surface area contributed by atoms with Gasteiger partial charge in [0, 0.05) is 29.9 Å². The maximum absolute atomic E-state index is 11.9. The Bertz CT molecular complexity index is 370. The first-order valence-electron chi connectivity index (χ1n) is 5.70. The smallest absolute Gasteiger partial charge is 0.321 e. The summed E-state index contributed by atoms with van der Waals surface area (Å²) in [6.07, 6.45) is 0.494. The molecule has 3 N–H and O–H groups in total. The molecule has 0 fully saturated rings. The fourth-order valence-electron chi connectivity index (χ4n) is 1.43. The highest BCUT2D eigenvalue weighted by atomic mass is 79.9. The van der Waals surface area contributed by atoms with Crippen molar-refractivity contribution in [1.82, 2.24) is 4.90 Å². The lowest BCUT2D eigenvalue weighted by atomic mass is 10.3. The van der Waals surface area contributed by atoms with E-state index >= 15 is 0 Å². The Hall–Kier alpha value is -1.11. The Labute approximate surface area is 115 Å². The van der Waals surface area contributed by atoms with Crippen molar-refractivity contribution in [3.05, 3.63) is 28.7 Å². The molecule has 0 aromatic heterocycles. The average Bonchev–Trinajstić information content (AvgIpc) is 2.37. The first kappa shape index (κ1) is 14.9. The first-order valence-corrected chi connectivity index (χ1v) is 6.50. The average molecular weight is 317 g/mol. The molecule has 1 aromatic rings. The van der Waals surface area contributed by atoms with Crippen molar-refractivity contribution in [2.45, 2.75) is 6.42 Å². The summed E-state index contributed by atoms with van der Waals surface area (Å²) < 4.78 is 0.938. The van der Waals surface area contributed by atoms with E-state index in [-0.39, 0.29) is 25.8 Å². The third-order valence-corrected chi connectivity index (χ3v) is 2.87. The zero-order chi connectivity index (χ0) is 13.4. The van der Waals surface area contributed by atoms with Crippen molar-refractivity contribution < 1.29 is 15.0 Å².